The minimum absolute atomic E-state index is 0.0172. The van der Waals surface area contributed by atoms with Gasteiger partial charge in [0.2, 0.25) is 25.0 Å². The molecule has 0 saturated carbocycles. The average Bonchev–Trinajstić information content (AvgIpc) is 2.95. The van der Waals surface area contributed by atoms with Crippen molar-refractivity contribution < 1.29 is 50.2 Å². The second kappa shape index (κ2) is 15.8. The van der Waals surface area contributed by atoms with Gasteiger partial charge in [0.15, 0.2) is 0 Å². The lowest BCUT2D eigenvalue weighted by Gasteiger charge is -2.27. The molecule has 1 amide bonds. The number of nitrogens with one attached hydrogen (secondary N) is 1. The third-order valence-corrected chi connectivity index (χ3v) is 7.79. The molecule has 42 heavy (non-hydrogen) atoms. The van der Waals surface area contributed by atoms with Gasteiger partial charge in [0, 0.05) is 31.1 Å². The Hall–Kier alpha value is -3.33. The van der Waals surface area contributed by atoms with Crippen LogP contribution in [0, 0.1) is 10.1 Å². The lowest BCUT2D eigenvalue weighted by Crippen LogP contribution is -2.39. The van der Waals surface area contributed by atoms with Gasteiger partial charge in [0.1, 0.15) is 12.4 Å². The average molecular weight is 634 g/mol. The summed E-state index contributed by atoms with van der Waals surface area (Å²) in [6.07, 6.45) is 1.63. The van der Waals surface area contributed by atoms with E-state index >= 15 is 0 Å². The van der Waals surface area contributed by atoms with Crippen LogP contribution < -0.4 is 9.62 Å². The van der Waals surface area contributed by atoms with Gasteiger partial charge in [-0.3, -0.25) is 15.0 Å². The van der Waals surface area contributed by atoms with Crippen LogP contribution in [0.15, 0.2) is 40.5 Å². The fraction of sp³-hybridized carbons (Fsp3) is 0.522. The third kappa shape index (κ3) is 10.2. The number of nitrogens with zero attached hydrogens (tertiary/aromatic N) is 4. The van der Waals surface area contributed by atoms with Crippen LogP contribution in [-0.4, -0.2) is 110 Å². The summed E-state index contributed by atoms with van der Waals surface area (Å²) in [7, 11) is -7.45. The Morgan fingerprint density at radius 1 is 0.952 bits per heavy atom. The number of rotatable bonds is 19. The number of aromatic nitrogens is 2. The van der Waals surface area contributed by atoms with E-state index in [9.17, 15) is 31.7 Å². The number of nitro benzene ring substituents is 1. The topological polar surface area (TPSA) is 216 Å². The molecule has 0 fully saturated rings. The van der Waals surface area contributed by atoms with Crippen LogP contribution in [0.3, 0.4) is 0 Å². The van der Waals surface area contributed by atoms with Crippen molar-refractivity contribution in [3.8, 4) is 0 Å². The summed E-state index contributed by atoms with van der Waals surface area (Å²) in [6.45, 7) is 1.92. The molecule has 0 spiro atoms. The molecule has 0 atom stereocenters. The number of benzene rings is 1. The van der Waals surface area contributed by atoms with E-state index in [0.29, 0.717) is 18.8 Å². The van der Waals surface area contributed by atoms with Gasteiger partial charge in [-0.05, 0) is 12.1 Å². The first kappa shape index (κ1) is 33.2. The number of nitro groups is 1. The number of amides is 1. The maximum Gasteiger partial charge on any atom is 0.415 e. The van der Waals surface area contributed by atoms with Crippen LogP contribution in [0.4, 0.5) is 16.3 Å². The van der Waals surface area contributed by atoms with Crippen LogP contribution in [0.5, 0.6) is 0 Å². The summed E-state index contributed by atoms with van der Waals surface area (Å²) >= 11 is 0. The number of sulfonamides is 1. The standard InChI is InChI=1S/C23H31N5O12S2/c1-41(32,33)22-24-16-18-17-40-23(29)27(21(18)26-22)7-9-37-11-13-39-15-14-38-12-10-36-8-6-25-42(34,35)20-4-2-19(3-5-20)28(30)31/h2-5,16,25H,6-15,17H2,1H3. The normalized spacial score (nSPS) is 13.5. The van der Waals surface area contributed by atoms with Crippen molar-refractivity contribution in [1.82, 2.24) is 14.7 Å². The van der Waals surface area contributed by atoms with Crippen molar-refractivity contribution in [2.24, 2.45) is 0 Å². The smallest absolute Gasteiger partial charge is 0.415 e. The molecule has 3 rings (SSSR count). The molecule has 1 aliphatic heterocycles. The Morgan fingerprint density at radius 3 is 2.10 bits per heavy atom. The Bertz CT molecular complexity index is 1420. The van der Waals surface area contributed by atoms with Crippen LogP contribution in [0.2, 0.25) is 0 Å². The summed E-state index contributed by atoms with van der Waals surface area (Å²) in [5.74, 6) is 0.172. The number of fused-ring (bicyclic) bond motifs is 1. The quantitative estimate of drug-likeness (QED) is 0.0952. The summed E-state index contributed by atoms with van der Waals surface area (Å²) < 4.78 is 76.8. The molecule has 1 aliphatic rings. The second-order valence-electron chi connectivity index (χ2n) is 8.58. The number of cyclic esters (lactones) is 1. The molecule has 0 unspecified atom stereocenters. The van der Waals surface area contributed by atoms with E-state index in [1.165, 1.54) is 11.1 Å². The number of hydrogen-bond acceptors (Lipinski definition) is 14. The predicted molar refractivity (Wildman–Crippen MR) is 144 cm³/mol. The van der Waals surface area contributed by atoms with Crippen molar-refractivity contribution in [1.29, 1.82) is 0 Å². The van der Waals surface area contributed by atoms with Crippen molar-refractivity contribution in [3.63, 3.8) is 0 Å². The molecule has 19 heteroatoms. The van der Waals surface area contributed by atoms with Gasteiger partial charge < -0.3 is 23.7 Å². The van der Waals surface area contributed by atoms with E-state index in [4.69, 9.17) is 23.7 Å². The molecule has 0 bridgehead atoms. The van der Waals surface area contributed by atoms with Crippen molar-refractivity contribution in [2.75, 3.05) is 77.1 Å². The Labute approximate surface area is 242 Å². The summed E-state index contributed by atoms with van der Waals surface area (Å²) in [4.78, 5) is 31.1. The number of sulfone groups is 1. The van der Waals surface area contributed by atoms with Crippen LogP contribution in [-0.2, 0) is 50.2 Å². The molecule has 2 heterocycles. The number of non-ortho nitro benzene ring substituents is 1. The third-order valence-electron chi connectivity index (χ3n) is 5.45. The van der Waals surface area contributed by atoms with Gasteiger partial charge in [0.05, 0.1) is 74.8 Å². The first-order valence-corrected chi connectivity index (χ1v) is 15.9. The maximum atomic E-state index is 12.2. The predicted octanol–water partition coefficient (Wildman–Crippen LogP) is 0.290. The zero-order valence-corrected chi connectivity index (χ0v) is 24.3. The highest BCUT2D eigenvalue weighted by Gasteiger charge is 2.29. The lowest BCUT2D eigenvalue weighted by atomic mass is 10.3. The molecular weight excluding hydrogens is 602 g/mol. The molecule has 0 saturated heterocycles. The lowest BCUT2D eigenvalue weighted by molar-refractivity contribution is -0.384. The molecular formula is C23H31N5O12S2. The minimum atomic E-state index is -3.80. The summed E-state index contributed by atoms with van der Waals surface area (Å²) in [6, 6.07) is 4.55. The van der Waals surface area contributed by atoms with Gasteiger partial charge in [-0.15, -0.1) is 0 Å². The van der Waals surface area contributed by atoms with Gasteiger partial charge >= 0.3 is 6.09 Å². The zero-order valence-electron chi connectivity index (χ0n) is 22.7. The van der Waals surface area contributed by atoms with E-state index < -0.39 is 30.9 Å². The fourth-order valence-corrected chi connectivity index (χ4v) is 4.90. The Kier molecular flexibility index (Phi) is 12.5. The summed E-state index contributed by atoms with van der Waals surface area (Å²) in [5, 5.41) is 10.3. The van der Waals surface area contributed by atoms with Crippen molar-refractivity contribution in [2.45, 2.75) is 16.7 Å². The molecule has 17 nitrogen and oxygen atoms in total. The highest BCUT2D eigenvalue weighted by atomic mass is 32.2. The van der Waals surface area contributed by atoms with Gasteiger partial charge in [-0.2, -0.15) is 4.98 Å². The monoisotopic (exact) mass is 633 g/mol. The van der Waals surface area contributed by atoms with E-state index in [-0.39, 0.29) is 80.9 Å². The van der Waals surface area contributed by atoms with Gasteiger partial charge in [-0.1, -0.05) is 0 Å². The van der Waals surface area contributed by atoms with Crippen molar-refractivity contribution >= 4 is 37.5 Å². The van der Waals surface area contributed by atoms with E-state index in [0.717, 1.165) is 30.5 Å². The molecule has 2 aromatic rings. The molecule has 0 radical (unpaired) electrons. The first-order valence-electron chi connectivity index (χ1n) is 12.5. The number of carbonyl (C=O) groups excluding carboxylic acids is 1. The number of anilines is 1. The van der Waals surface area contributed by atoms with E-state index in [1.54, 1.807) is 0 Å². The Morgan fingerprint density at radius 2 is 1.52 bits per heavy atom. The van der Waals surface area contributed by atoms with Crippen LogP contribution >= 0.6 is 0 Å². The zero-order chi connectivity index (χ0) is 30.6. The largest absolute Gasteiger partial charge is 0.444 e. The molecule has 232 valence electrons. The highest BCUT2D eigenvalue weighted by Crippen LogP contribution is 2.25. The Balaban J connectivity index is 1.18. The number of ether oxygens (including phenoxy) is 5. The van der Waals surface area contributed by atoms with E-state index in [2.05, 4.69) is 14.7 Å². The van der Waals surface area contributed by atoms with Crippen LogP contribution in [0.1, 0.15) is 5.56 Å². The molecule has 1 N–H and O–H groups in total. The number of hydrogen-bond donors (Lipinski definition) is 1. The molecule has 0 aliphatic carbocycles. The minimum Gasteiger partial charge on any atom is -0.444 e. The molecule has 1 aromatic heterocycles. The summed E-state index contributed by atoms with van der Waals surface area (Å²) in [5.41, 5.74) is 0.284. The second-order valence-corrected chi connectivity index (χ2v) is 12.3. The highest BCUT2D eigenvalue weighted by molar-refractivity contribution is 7.90. The molecule has 1 aromatic carbocycles. The van der Waals surface area contributed by atoms with Gasteiger partial charge in [-0.25, -0.2) is 31.3 Å². The van der Waals surface area contributed by atoms with Crippen molar-refractivity contribution in [3.05, 3.63) is 46.1 Å². The number of carbonyl (C=O) groups is 1. The van der Waals surface area contributed by atoms with Crippen LogP contribution in [0.25, 0.3) is 0 Å². The SMILES string of the molecule is CS(=O)(=O)c1ncc2c(n1)N(CCOCCOCCOCCOCCNS(=O)(=O)c1ccc([N+](=O)[O-])cc1)C(=O)OC2. The fourth-order valence-electron chi connectivity index (χ4n) is 3.39. The first-order chi connectivity index (χ1) is 20.0. The van der Waals surface area contributed by atoms with Gasteiger partial charge in [0.25, 0.3) is 5.69 Å². The van der Waals surface area contributed by atoms with E-state index in [1.807, 2.05) is 0 Å². The maximum absolute atomic E-state index is 12.2.